The van der Waals surface area contributed by atoms with Crippen LogP contribution in [0.25, 0.3) is 21.5 Å². The molecule has 0 unspecified atom stereocenters. The molecule has 0 aliphatic rings. The second kappa shape index (κ2) is 6.05. The topological polar surface area (TPSA) is 12.4 Å². The maximum Gasteiger partial charge on any atom is 0.0640 e. The number of hydrogen-bond acceptors (Lipinski definition) is 1. The van der Waals surface area contributed by atoms with Crippen LogP contribution in [0.4, 0.5) is 0 Å². The first kappa shape index (κ1) is 13.7. The first-order valence-corrected chi connectivity index (χ1v) is 7.85. The van der Waals surface area contributed by atoms with Crippen molar-refractivity contribution < 1.29 is 0 Å². The van der Waals surface area contributed by atoms with Crippen molar-refractivity contribution in [2.24, 2.45) is 4.99 Å². The SMILES string of the molecule is C(=NCc1ccc2ccccc2c1)c1ccc2ccccc2c1. The van der Waals surface area contributed by atoms with Crippen LogP contribution in [0.2, 0.25) is 0 Å². The number of aliphatic imine (C=N–C) groups is 1. The molecule has 1 nitrogen and oxygen atoms in total. The number of fused-ring (bicyclic) bond motifs is 2. The third-order valence-corrected chi connectivity index (χ3v) is 4.10. The number of hydrogen-bond donors (Lipinski definition) is 0. The van der Waals surface area contributed by atoms with Gasteiger partial charge in [-0.1, -0.05) is 72.8 Å². The van der Waals surface area contributed by atoms with E-state index < -0.39 is 0 Å². The minimum Gasteiger partial charge on any atom is -0.288 e. The van der Waals surface area contributed by atoms with Crippen molar-refractivity contribution in [1.82, 2.24) is 0 Å². The highest BCUT2D eigenvalue weighted by molar-refractivity contribution is 5.90. The van der Waals surface area contributed by atoms with Gasteiger partial charge in [-0.05, 0) is 44.8 Å². The van der Waals surface area contributed by atoms with Gasteiger partial charge in [0.25, 0.3) is 0 Å². The van der Waals surface area contributed by atoms with Crippen LogP contribution in [0.1, 0.15) is 11.1 Å². The number of rotatable bonds is 3. The van der Waals surface area contributed by atoms with Crippen molar-refractivity contribution in [3.8, 4) is 0 Å². The second-order valence-corrected chi connectivity index (χ2v) is 5.76. The van der Waals surface area contributed by atoms with E-state index in [4.69, 9.17) is 0 Å². The van der Waals surface area contributed by atoms with Crippen molar-refractivity contribution >= 4 is 27.8 Å². The van der Waals surface area contributed by atoms with Crippen molar-refractivity contribution in [2.75, 3.05) is 0 Å². The van der Waals surface area contributed by atoms with Gasteiger partial charge in [0.15, 0.2) is 0 Å². The van der Waals surface area contributed by atoms with Crippen LogP contribution >= 0.6 is 0 Å². The molecule has 0 aromatic heterocycles. The van der Waals surface area contributed by atoms with Crippen molar-refractivity contribution in [2.45, 2.75) is 6.54 Å². The summed E-state index contributed by atoms with van der Waals surface area (Å²) in [7, 11) is 0. The summed E-state index contributed by atoms with van der Waals surface area (Å²) in [5.41, 5.74) is 2.38. The minimum atomic E-state index is 0.706. The molecule has 0 saturated carbocycles. The zero-order chi connectivity index (χ0) is 15.5. The fourth-order valence-electron chi connectivity index (χ4n) is 2.88. The summed E-state index contributed by atoms with van der Waals surface area (Å²) >= 11 is 0. The smallest absolute Gasteiger partial charge is 0.0640 e. The van der Waals surface area contributed by atoms with Crippen LogP contribution in [0.3, 0.4) is 0 Å². The van der Waals surface area contributed by atoms with Gasteiger partial charge in [-0.3, -0.25) is 4.99 Å². The summed E-state index contributed by atoms with van der Waals surface area (Å²) in [4.78, 5) is 4.60. The van der Waals surface area contributed by atoms with E-state index in [-0.39, 0.29) is 0 Å². The van der Waals surface area contributed by atoms with E-state index in [1.807, 2.05) is 6.21 Å². The van der Waals surface area contributed by atoms with Gasteiger partial charge in [-0.15, -0.1) is 0 Å². The molecule has 23 heavy (non-hydrogen) atoms. The number of benzene rings is 4. The van der Waals surface area contributed by atoms with E-state index in [0.29, 0.717) is 6.54 Å². The normalized spacial score (nSPS) is 11.5. The predicted octanol–water partition coefficient (Wildman–Crippen LogP) is 5.61. The highest BCUT2D eigenvalue weighted by Gasteiger charge is 1.96. The Kier molecular flexibility index (Phi) is 3.61. The largest absolute Gasteiger partial charge is 0.288 e. The van der Waals surface area contributed by atoms with E-state index in [9.17, 15) is 0 Å². The van der Waals surface area contributed by atoms with Crippen LogP contribution in [0.15, 0.2) is 89.9 Å². The molecule has 1 heteroatoms. The van der Waals surface area contributed by atoms with Gasteiger partial charge in [-0.25, -0.2) is 0 Å². The highest BCUT2D eigenvalue weighted by Crippen LogP contribution is 2.17. The van der Waals surface area contributed by atoms with E-state index in [1.54, 1.807) is 0 Å². The Balaban J connectivity index is 1.55. The fourth-order valence-corrected chi connectivity index (χ4v) is 2.88. The lowest BCUT2D eigenvalue weighted by atomic mass is 10.1. The predicted molar refractivity (Wildman–Crippen MR) is 99.2 cm³/mol. The molecule has 0 radical (unpaired) electrons. The molecule has 110 valence electrons. The van der Waals surface area contributed by atoms with Gasteiger partial charge >= 0.3 is 0 Å². The van der Waals surface area contributed by atoms with Gasteiger partial charge in [0.2, 0.25) is 0 Å². The molecule has 4 aromatic carbocycles. The molecule has 0 fully saturated rings. The van der Waals surface area contributed by atoms with E-state index in [0.717, 1.165) is 5.56 Å². The van der Waals surface area contributed by atoms with Crippen molar-refractivity contribution in [3.05, 3.63) is 96.1 Å². The molecule has 0 heterocycles. The third-order valence-electron chi connectivity index (χ3n) is 4.10. The molecule has 0 aliphatic heterocycles. The lowest BCUT2D eigenvalue weighted by Gasteiger charge is -2.01. The first-order chi connectivity index (χ1) is 11.4. The summed E-state index contributed by atoms with van der Waals surface area (Å²) in [6.07, 6.45) is 1.96. The Morgan fingerprint density at radius 3 is 1.96 bits per heavy atom. The third kappa shape index (κ3) is 3.00. The lowest BCUT2D eigenvalue weighted by Crippen LogP contribution is -1.85. The van der Waals surface area contributed by atoms with Gasteiger partial charge in [0, 0.05) is 6.21 Å². The minimum absolute atomic E-state index is 0.706. The standard InChI is InChI=1S/C22H17N/c1-3-7-21-13-17(9-11-19(21)5-1)15-23-16-18-10-12-20-6-2-4-8-22(20)14-18/h1-15H,16H2. The molecule has 4 rings (SSSR count). The van der Waals surface area contributed by atoms with Gasteiger partial charge < -0.3 is 0 Å². The first-order valence-electron chi connectivity index (χ1n) is 7.85. The van der Waals surface area contributed by atoms with Gasteiger partial charge in [0.1, 0.15) is 0 Å². The zero-order valence-electron chi connectivity index (χ0n) is 12.8. The molecule has 0 spiro atoms. The quantitative estimate of drug-likeness (QED) is 0.435. The molecular formula is C22H17N. The second-order valence-electron chi connectivity index (χ2n) is 5.76. The summed E-state index contributed by atoms with van der Waals surface area (Å²) < 4.78 is 0. The van der Waals surface area contributed by atoms with Crippen LogP contribution in [0.5, 0.6) is 0 Å². The summed E-state index contributed by atoms with van der Waals surface area (Å²) in [6, 6.07) is 29.8. The van der Waals surface area contributed by atoms with Gasteiger partial charge in [0.05, 0.1) is 6.54 Å². The van der Waals surface area contributed by atoms with Crippen molar-refractivity contribution in [1.29, 1.82) is 0 Å². The molecule has 0 atom stereocenters. The van der Waals surface area contributed by atoms with Crippen LogP contribution < -0.4 is 0 Å². The monoisotopic (exact) mass is 295 g/mol. The Bertz CT molecular complexity index is 999. The molecule has 0 N–H and O–H groups in total. The Morgan fingerprint density at radius 2 is 1.22 bits per heavy atom. The Morgan fingerprint density at radius 1 is 0.609 bits per heavy atom. The highest BCUT2D eigenvalue weighted by atomic mass is 14.7. The maximum absolute atomic E-state index is 4.60. The molecule has 0 amide bonds. The van der Waals surface area contributed by atoms with Crippen LogP contribution in [-0.2, 0) is 6.54 Å². The molecule has 0 aliphatic carbocycles. The van der Waals surface area contributed by atoms with E-state index >= 15 is 0 Å². The zero-order valence-corrected chi connectivity index (χ0v) is 12.8. The Hall–Kier alpha value is -2.93. The fraction of sp³-hybridized carbons (Fsp3) is 0.0455. The van der Waals surface area contributed by atoms with Crippen LogP contribution in [-0.4, -0.2) is 6.21 Å². The molecule has 0 saturated heterocycles. The molecular weight excluding hydrogens is 278 g/mol. The lowest BCUT2D eigenvalue weighted by molar-refractivity contribution is 1.08. The summed E-state index contributed by atoms with van der Waals surface area (Å²) in [5.74, 6) is 0. The number of nitrogens with zero attached hydrogens (tertiary/aromatic N) is 1. The maximum atomic E-state index is 4.60. The average molecular weight is 295 g/mol. The van der Waals surface area contributed by atoms with Crippen LogP contribution in [0, 0.1) is 0 Å². The molecule has 4 aromatic rings. The summed E-state index contributed by atoms with van der Waals surface area (Å²) in [5, 5.41) is 5.06. The summed E-state index contributed by atoms with van der Waals surface area (Å²) in [6.45, 7) is 0.706. The molecule has 0 bridgehead atoms. The Labute approximate surface area is 135 Å². The van der Waals surface area contributed by atoms with Gasteiger partial charge in [-0.2, -0.15) is 0 Å². The van der Waals surface area contributed by atoms with E-state index in [1.165, 1.54) is 27.1 Å². The average Bonchev–Trinajstić information content (AvgIpc) is 2.61. The van der Waals surface area contributed by atoms with E-state index in [2.05, 4.69) is 89.9 Å². The van der Waals surface area contributed by atoms with Crippen molar-refractivity contribution in [3.63, 3.8) is 0 Å².